The highest BCUT2D eigenvalue weighted by molar-refractivity contribution is 5.02. The largest absolute Gasteiger partial charge is 0.313 e. The van der Waals surface area contributed by atoms with Crippen LogP contribution in [0.1, 0.15) is 38.9 Å². The lowest BCUT2D eigenvalue weighted by Crippen LogP contribution is -2.34. The van der Waals surface area contributed by atoms with Gasteiger partial charge < -0.3 is 5.32 Å². The van der Waals surface area contributed by atoms with Crippen molar-refractivity contribution in [3.05, 3.63) is 24.8 Å². The molecule has 0 aliphatic heterocycles. The fourth-order valence-electron chi connectivity index (χ4n) is 2.06. The lowest BCUT2D eigenvalue weighted by molar-refractivity contribution is 0.370. The van der Waals surface area contributed by atoms with Crippen molar-refractivity contribution in [2.75, 3.05) is 6.54 Å². The van der Waals surface area contributed by atoms with Crippen LogP contribution in [0.15, 0.2) is 19.0 Å². The zero-order valence-electron chi connectivity index (χ0n) is 11.5. The molecule has 0 aromatic carbocycles. The molecule has 0 spiro atoms. The first-order valence-corrected chi connectivity index (χ1v) is 6.90. The van der Waals surface area contributed by atoms with E-state index in [1.165, 1.54) is 12.8 Å². The monoisotopic (exact) mass is 248 g/mol. The minimum Gasteiger partial charge on any atom is -0.313 e. The summed E-state index contributed by atoms with van der Waals surface area (Å²) in [6, 6.07) is 0.734. The third-order valence-corrected chi connectivity index (χ3v) is 3.56. The van der Waals surface area contributed by atoms with E-state index >= 15 is 0 Å². The molecule has 1 heterocycles. The molecule has 1 N–H and O–H groups in total. The Balaban J connectivity index is 1.98. The number of hydrogen-bond donors (Lipinski definition) is 1. The standard InChI is InChI=1S/C14H24N4/c1-4-8-18-13(16-11-17-18)9-14(3,5-2)10-15-12-6-7-12/h5,11-12,15H,2,4,6-10H2,1,3H3. The number of rotatable bonds is 8. The molecule has 1 unspecified atom stereocenters. The van der Waals surface area contributed by atoms with Gasteiger partial charge in [-0.1, -0.05) is 19.9 Å². The second-order valence-electron chi connectivity index (χ2n) is 5.59. The van der Waals surface area contributed by atoms with Crippen molar-refractivity contribution in [1.29, 1.82) is 0 Å². The Morgan fingerprint density at radius 1 is 1.61 bits per heavy atom. The molecule has 1 aliphatic carbocycles. The first-order chi connectivity index (χ1) is 8.67. The molecule has 0 bridgehead atoms. The fraction of sp³-hybridized carbons (Fsp3) is 0.714. The summed E-state index contributed by atoms with van der Waals surface area (Å²) < 4.78 is 2.01. The molecular formula is C14H24N4. The van der Waals surface area contributed by atoms with E-state index in [1.807, 2.05) is 10.8 Å². The minimum absolute atomic E-state index is 0.0567. The van der Waals surface area contributed by atoms with E-state index in [-0.39, 0.29) is 5.41 Å². The maximum absolute atomic E-state index is 4.39. The molecule has 4 nitrogen and oxygen atoms in total. The van der Waals surface area contributed by atoms with E-state index in [2.05, 4.69) is 35.8 Å². The molecule has 1 aromatic rings. The topological polar surface area (TPSA) is 42.7 Å². The summed E-state index contributed by atoms with van der Waals surface area (Å²) in [5, 5.41) is 7.87. The Morgan fingerprint density at radius 3 is 3.00 bits per heavy atom. The SMILES string of the molecule is C=CC(C)(CNC1CC1)Cc1ncnn1CCC. The van der Waals surface area contributed by atoms with Crippen molar-refractivity contribution in [2.45, 2.75) is 52.1 Å². The molecule has 100 valence electrons. The van der Waals surface area contributed by atoms with Gasteiger partial charge in [0.05, 0.1) is 0 Å². The van der Waals surface area contributed by atoms with Gasteiger partial charge in [0.25, 0.3) is 0 Å². The second kappa shape index (κ2) is 5.65. The number of hydrogen-bond acceptors (Lipinski definition) is 3. The van der Waals surface area contributed by atoms with Gasteiger partial charge in [-0.3, -0.25) is 4.68 Å². The summed E-state index contributed by atoms with van der Waals surface area (Å²) in [4.78, 5) is 4.39. The van der Waals surface area contributed by atoms with Crippen LogP contribution in [-0.4, -0.2) is 27.4 Å². The second-order valence-corrected chi connectivity index (χ2v) is 5.59. The summed E-state index contributed by atoms with van der Waals surface area (Å²) in [5.74, 6) is 1.07. The number of nitrogens with one attached hydrogen (secondary N) is 1. The van der Waals surface area contributed by atoms with Gasteiger partial charge in [-0.15, -0.1) is 6.58 Å². The molecule has 1 saturated carbocycles. The molecule has 0 saturated heterocycles. The van der Waals surface area contributed by atoms with E-state index in [0.29, 0.717) is 0 Å². The number of nitrogens with zero attached hydrogens (tertiary/aromatic N) is 3. The predicted molar refractivity (Wildman–Crippen MR) is 73.3 cm³/mol. The van der Waals surface area contributed by atoms with Crippen LogP contribution in [0.5, 0.6) is 0 Å². The van der Waals surface area contributed by atoms with Crippen molar-refractivity contribution >= 4 is 0 Å². The average molecular weight is 248 g/mol. The van der Waals surface area contributed by atoms with E-state index in [1.54, 1.807) is 6.33 Å². The molecule has 1 atom stereocenters. The molecular weight excluding hydrogens is 224 g/mol. The lowest BCUT2D eigenvalue weighted by atomic mass is 9.86. The third kappa shape index (κ3) is 3.42. The summed E-state index contributed by atoms with van der Waals surface area (Å²) in [5.41, 5.74) is 0.0567. The zero-order valence-corrected chi connectivity index (χ0v) is 11.5. The molecule has 0 radical (unpaired) electrons. The molecule has 18 heavy (non-hydrogen) atoms. The van der Waals surface area contributed by atoms with Gasteiger partial charge in [-0.2, -0.15) is 5.10 Å². The predicted octanol–water partition coefficient (Wildman–Crippen LogP) is 2.17. The van der Waals surface area contributed by atoms with Crippen LogP contribution in [0.3, 0.4) is 0 Å². The fourth-order valence-corrected chi connectivity index (χ4v) is 2.06. The van der Waals surface area contributed by atoms with Crippen LogP contribution < -0.4 is 5.32 Å². The van der Waals surface area contributed by atoms with Gasteiger partial charge in [-0.05, 0) is 19.3 Å². The van der Waals surface area contributed by atoms with Crippen LogP contribution in [0.4, 0.5) is 0 Å². The minimum atomic E-state index is 0.0567. The van der Waals surface area contributed by atoms with Crippen LogP contribution in [0.2, 0.25) is 0 Å². The summed E-state index contributed by atoms with van der Waals surface area (Å²) in [7, 11) is 0. The van der Waals surface area contributed by atoms with Crippen LogP contribution in [0.25, 0.3) is 0 Å². The van der Waals surface area contributed by atoms with Gasteiger partial charge in [0.1, 0.15) is 12.2 Å². The van der Waals surface area contributed by atoms with Crippen LogP contribution >= 0.6 is 0 Å². The quantitative estimate of drug-likeness (QED) is 0.717. The molecule has 0 amide bonds. The van der Waals surface area contributed by atoms with Crippen LogP contribution in [-0.2, 0) is 13.0 Å². The Morgan fingerprint density at radius 2 is 2.39 bits per heavy atom. The highest BCUT2D eigenvalue weighted by Gasteiger charge is 2.28. The molecule has 1 aromatic heterocycles. The molecule has 1 aliphatic rings. The number of aryl methyl sites for hydroxylation is 1. The first kappa shape index (κ1) is 13.3. The Kier molecular flexibility index (Phi) is 4.17. The highest BCUT2D eigenvalue weighted by Crippen LogP contribution is 2.25. The Labute approximate surface area is 109 Å². The van der Waals surface area contributed by atoms with Crippen molar-refractivity contribution < 1.29 is 0 Å². The van der Waals surface area contributed by atoms with E-state index in [4.69, 9.17) is 0 Å². The molecule has 2 rings (SSSR count). The van der Waals surface area contributed by atoms with Crippen molar-refractivity contribution in [1.82, 2.24) is 20.1 Å². The molecule has 1 fully saturated rings. The Hall–Kier alpha value is -1.16. The average Bonchev–Trinajstić information content (AvgIpc) is 3.11. The van der Waals surface area contributed by atoms with Gasteiger partial charge >= 0.3 is 0 Å². The van der Waals surface area contributed by atoms with E-state index in [0.717, 1.165) is 37.8 Å². The van der Waals surface area contributed by atoms with Crippen molar-refractivity contribution in [3.63, 3.8) is 0 Å². The van der Waals surface area contributed by atoms with Gasteiger partial charge in [0.2, 0.25) is 0 Å². The molecule has 4 heteroatoms. The lowest BCUT2D eigenvalue weighted by Gasteiger charge is -2.26. The summed E-state index contributed by atoms with van der Waals surface area (Å²) >= 11 is 0. The van der Waals surface area contributed by atoms with E-state index < -0.39 is 0 Å². The highest BCUT2D eigenvalue weighted by atomic mass is 15.3. The number of aromatic nitrogens is 3. The van der Waals surface area contributed by atoms with Crippen molar-refractivity contribution in [2.24, 2.45) is 5.41 Å². The maximum atomic E-state index is 4.39. The normalized spacial score (nSPS) is 18.6. The van der Waals surface area contributed by atoms with Gasteiger partial charge in [-0.25, -0.2) is 4.98 Å². The maximum Gasteiger partial charge on any atom is 0.138 e. The van der Waals surface area contributed by atoms with Gasteiger partial charge in [0, 0.05) is 31.0 Å². The van der Waals surface area contributed by atoms with E-state index in [9.17, 15) is 0 Å². The third-order valence-electron chi connectivity index (χ3n) is 3.56. The van der Waals surface area contributed by atoms with Crippen molar-refractivity contribution in [3.8, 4) is 0 Å². The smallest absolute Gasteiger partial charge is 0.138 e. The first-order valence-electron chi connectivity index (χ1n) is 6.90. The summed E-state index contributed by atoms with van der Waals surface area (Å²) in [6.45, 7) is 10.3. The Bertz CT molecular complexity index is 394. The van der Waals surface area contributed by atoms with Crippen LogP contribution in [0, 0.1) is 5.41 Å². The van der Waals surface area contributed by atoms with Gasteiger partial charge in [0.15, 0.2) is 0 Å². The summed E-state index contributed by atoms with van der Waals surface area (Å²) in [6.07, 6.45) is 8.33. The zero-order chi connectivity index (χ0) is 13.0.